The molecule has 1 aromatic rings. The van der Waals surface area contributed by atoms with Gasteiger partial charge in [-0.3, -0.25) is 0 Å². The van der Waals surface area contributed by atoms with Crippen LogP contribution in [0.25, 0.3) is 0 Å². The summed E-state index contributed by atoms with van der Waals surface area (Å²) >= 11 is 0. The Morgan fingerprint density at radius 2 is 1.59 bits per heavy atom. The predicted octanol–water partition coefficient (Wildman–Crippen LogP) is 1.81. The number of nitrogens with zero attached hydrogens (tertiary/aromatic N) is 1. The lowest BCUT2D eigenvalue weighted by Gasteiger charge is -2.24. The third-order valence-electron chi connectivity index (χ3n) is 4.02. The molecule has 1 unspecified atom stereocenters. The fraction of sp³-hybridized carbons (Fsp3) is 0.565. The van der Waals surface area contributed by atoms with Crippen LogP contribution in [0.15, 0.2) is 29.3 Å². The largest absolute Gasteiger partial charge is 0.480 e. The summed E-state index contributed by atoms with van der Waals surface area (Å²) < 4.78 is 42.3. The lowest BCUT2D eigenvalue weighted by molar-refractivity contribution is -0.170. The number of aliphatic hydroxyl groups is 1. The van der Waals surface area contributed by atoms with Crippen molar-refractivity contribution in [1.82, 2.24) is 10.0 Å². The van der Waals surface area contributed by atoms with Crippen LogP contribution in [-0.4, -0.2) is 72.0 Å². The van der Waals surface area contributed by atoms with Crippen LogP contribution in [0.3, 0.4) is 0 Å². The molecule has 0 saturated heterocycles. The highest BCUT2D eigenvalue weighted by Crippen LogP contribution is 2.17. The summed E-state index contributed by atoms with van der Waals surface area (Å²) in [4.78, 5) is 39.7. The van der Waals surface area contributed by atoms with Gasteiger partial charge in [0.2, 0.25) is 6.41 Å². The predicted molar refractivity (Wildman–Crippen MR) is 134 cm³/mol. The topological polar surface area (TPSA) is 190 Å². The van der Waals surface area contributed by atoms with E-state index in [4.69, 9.17) is 14.2 Å². The summed E-state index contributed by atoms with van der Waals surface area (Å²) in [6, 6.07) is 4.29. The van der Waals surface area contributed by atoms with Gasteiger partial charge >= 0.3 is 18.0 Å². The fourth-order valence-electron chi connectivity index (χ4n) is 2.67. The summed E-state index contributed by atoms with van der Waals surface area (Å²) in [7, 11) is -4.67. The molecule has 0 saturated carbocycles. The second-order valence-electron chi connectivity index (χ2n) is 9.75. The minimum Gasteiger partial charge on any atom is -0.480 e. The summed E-state index contributed by atoms with van der Waals surface area (Å²) in [6.45, 7) is 11.0. The Morgan fingerprint density at radius 1 is 1.03 bits per heavy atom. The number of carboxylic acids is 1. The van der Waals surface area contributed by atoms with E-state index in [1.54, 1.807) is 41.5 Å². The summed E-state index contributed by atoms with van der Waals surface area (Å²) in [6.07, 6.45) is -2.97. The molecular weight excluding hydrogens is 510 g/mol. The number of esters is 1. The number of hydrogen-bond donors (Lipinski definition) is 4. The van der Waals surface area contributed by atoms with Gasteiger partial charge in [-0.15, -0.1) is 0 Å². The van der Waals surface area contributed by atoms with E-state index in [1.165, 1.54) is 31.2 Å². The number of amides is 1. The van der Waals surface area contributed by atoms with E-state index < -0.39 is 56.8 Å². The zero-order chi connectivity index (χ0) is 28.6. The Hall–Kier alpha value is -3.07. The first-order valence-electron chi connectivity index (χ1n) is 11.3. The fourth-order valence-corrected chi connectivity index (χ4v) is 3.59. The minimum atomic E-state index is -4.67. The third kappa shape index (κ3) is 12.1. The molecule has 13 nitrogen and oxygen atoms in total. The average Bonchev–Trinajstić information content (AvgIpc) is 2.69. The maximum absolute atomic E-state index is 12.7. The second kappa shape index (κ2) is 12.9. The molecule has 1 aromatic carbocycles. The van der Waals surface area contributed by atoms with Gasteiger partial charge in [0.05, 0.1) is 17.9 Å². The first-order chi connectivity index (χ1) is 16.8. The molecule has 0 spiro atoms. The zero-order valence-electron chi connectivity index (χ0n) is 21.9. The summed E-state index contributed by atoms with van der Waals surface area (Å²) in [5, 5.41) is 20.6. The first kappa shape index (κ1) is 32.0. The van der Waals surface area contributed by atoms with E-state index in [1.807, 2.05) is 4.72 Å². The monoisotopic (exact) mass is 545 g/mol. The zero-order valence-corrected chi connectivity index (χ0v) is 22.7. The van der Waals surface area contributed by atoms with Crippen molar-refractivity contribution in [2.75, 3.05) is 6.61 Å². The first-order valence-corrected chi connectivity index (χ1v) is 12.8. The number of aliphatic imine (C=N–C) groups is 1. The number of hydrogen-bond acceptors (Lipinski definition) is 10. The van der Waals surface area contributed by atoms with E-state index in [0.717, 1.165) is 0 Å². The van der Waals surface area contributed by atoms with Gasteiger partial charge in [-0.25, -0.2) is 27.8 Å². The molecule has 1 rings (SSSR count). The van der Waals surface area contributed by atoms with Crippen molar-refractivity contribution < 1.29 is 47.2 Å². The maximum Gasteiger partial charge on any atom is 0.408 e. The molecule has 0 aliphatic rings. The molecule has 0 bridgehead atoms. The van der Waals surface area contributed by atoms with Crippen molar-refractivity contribution in [2.24, 2.45) is 4.99 Å². The van der Waals surface area contributed by atoms with Gasteiger partial charge in [-0.2, -0.15) is 4.72 Å². The summed E-state index contributed by atoms with van der Waals surface area (Å²) in [5.41, 5.74) is -1.22. The van der Waals surface area contributed by atoms with Gasteiger partial charge in [-0.1, -0.05) is 12.1 Å². The van der Waals surface area contributed by atoms with Gasteiger partial charge < -0.3 is 29.7 Å². The van der Waals surface area contributed by atoms with E-state index in [9.17, 15) is 33.0 Å². The van der Waals surface area contributed by atoms with Crippen LogP contribution < -0.4 is 10.0 Å². The Labute approximate surface area is 216 Å². The molecule has 14 heteroatoms. The van der Waals surface area contributed by atoms with Gasteiger partial charge in [-0.05, 0) is 66.2 Å². The van der Waals surface area contributed by atoms with Crippen LogP contribution in [0.2, 0.25) is 0 Å². The molecule has 208 valence electrons. The van der Waals surface area contributed by atoms with Crippen molar-refractivity contribution in [2.45, 2.75) is 78.5 Å². The molecule has 2 atom stereocenters. The molecule has 0 radical (unpaired) electrons. The lowest BCUT2D eigenvalue weighted by atomic mass is 10.1. The van der Waals surface area contributed by atoms with Crippen LogP contribution >= 0.6 is 0 Å². The standard InChI is InChI=1S/C23H35N3O10S/c1-8-34-19(29)17(37(32,33)26-21(31)36-23(5,6)7)24-15-11-9-14(10-12-15)13-16(18(27)28)25-20(30)35-22(2,3)4/h9-12,16,21,26,31H,8,13H2,1-7H3,(H,25,30)(H,27,28)/t16-,21?/m0/s1. The number of ether oxygens (including phenoxy) is 3. The van der Waals surface area contributed by atoms with E-state index in [-0.39, 0.29) is 18.7 Å². The lowest BCUT2D eigenvalue weighted by Crippen LogP contribution is -2.45. The van der Waals surface area contributed by atoms with Crippen LogP contribution in [0, 0.1) is 0 Å². The number of carbonyl (C=O) groups excluding carboxylic acids is 2. The minimum absolute atomic E-state index is 0.0235. The number of alkyl carbamates (subject to hydrolysis) is 1. The number of aliphatic carboxylic acids is 1. The average molecular weight is 546 g/mol. The number of sulfonamides is 1. The summed E-state index contributed by atoms with van der Waals surface area (Å²) in [5.74, 6) is -2.54. The van der Waals surface area contributed by atoms with E-state index in [0.29, 0.717) is 5.56 Å². The van der Waals surface area contributed by atoms with Crippen molar-refractivity contribution in [3.05, 3.63) is 29.8 Å². The van der Waals surface area contributed by atoms with Crippen molar-refractivity contribution in [3.8, 4) is 0 Å². The molecule has 0 aromatic heterocycles. The van der Waals surface area contributed by atoms with Gasteiger partial charge in [0, 0.05) is 6.42 Å². The van der Waals surface area contributed by atoms with Crippen LogP contribution in [0.1, 0.15) is 54.0 Å². The van der Waals surface area contributed by atoms with E-state index >= 15 is 0 Å². The van der Waals surface area contributed by atoms with Crippen molar-refractivity contribution >= 4 is 38.8 Å². The Kier molecular flexibility index (Phi) is 11.2. The molecule has 4 N–H and O–H groups in total. The Bertz CT molecular complexity index is 1090. The number of rotatable bonds is 9. The van der Waals surface area contributed by atoms with Gasteiger partial charge in [0.25, 0.3) is 15.1 Å². The molecule has 0 aliphatic carbocycles. The van der Waals surface area contributed by atoms with Gasteiger partial charge in [0.1, 0.15) is 11.6 Å². The third-order valence-corrected chi connectivity index (χ3v) is 5.30. The smallest absolute Gasteiger partial charge is 0.408 e. The highest BCUT2D eigenvalue weighted by Gasteiger charge is 2.32. The SMILES string of the molecule is CCOC(=O)C(=Nc1ccc(C[C@H](NC(=O)OC(C)(C)C)C(=O)O)cc1)S(=O)(=O)NC(O)OC(C)(C)C. The number of carbonyl (C=O) groups is 3. The highest BCUT2D eigenvalue weighted by atomic mass is 32.2. The molecule has 0 heterocycles. The normalized spacial score (nSPS) is 14.4. The molecule has 0 aliphatic heterocycles. The van der Waals surface area contributed by atoms with E-state index in [2.05, 4.69) is 10.3 Å². The number of aliphatic hydroxyl groups excluding tert-OH is 1. The van der Waals surface area contributed by atoms with Gasteiger partial charge in [0.15, 0.2) is 0 Å². The van der Waals surface area contributed by atoms with Crippen LogP contribution in [-0.2, 0) is 40.2 Å². The molecular formula is C23H35N3O10S. The molecule has 0 fully saturated rings. The highest BCUT2D eigenvalue weighted by molar-refractivity contribution is 8.06. The van der Waals surface area contributed by atoms with Crippen molar-refractivity contribution in [3.63, 3.8) is 0 Å². The van der Waals surface area contributed by atoms with Crippen molar-refractivity contribution in [1.29, 1.82) is 0 Å². The number of carboxylic acid groups (broad SMARTS) is 1. The quantitative estimate of drug-likeness (QED) is 0.154. The molecule has 1 amide bonds. The second-order valence-corrected chi connectivity index (χ2v) is 11.4. The Balaban J connectivity index is 3.15. The maximum atomic E-state index is 12.7. The Morgan fingerprint density at radius 3 is 2.05 bits per heavy atom. The number of benzene rings is 1. The van der Waals surface area contributed by atoms with Crippen LogP contribution in [0.5, 0.6) is 0 Å². The van der Waals surface area contributed by atoms with Crippen LogP contribution in [0.4, 0.5) is 10.5 Å². The molecule has 37 heavy (non-hydrogen) atoms. The number of nitrogens with one attached hydrogen (secondary N) is 2.